The summed E-state index contributed by atoms with van der Waals surface area (Å²) >= 11 is 0. The summed E-state index contributed by atoms with van der Waals surface area (Å²) in [5.41, 5.74) is 0. The molecule has 0 saturated carbocycles. The van der Waals surface area contributed by atoms with E-state index in [0.29, 0.717) is 24.4 Å². The summed E-state index contributed by atoms with van der Waals surface area (Å²) in [7, 11) is 0. The van der Waals surface area contributed by atoms with Gasteiger partial charge in [0, 0.05) is 25.0 Å². The molecule has 2 atom stereocenters. The number of hydrogen-bond donors (Lipinski definition) is 2. The van der Waals surface area contributed by atoms with Gasteiger partial charge >= 0.3 is 0 Å². The van der Waals surface area contributed by atoms with Crippen LogP contribution in [0.1, 0.15) is 47.5 Å². The van der Waals surface area contributed by atoms with E-state index in [1.807, 2.05) is 6.92 Å². The normalized spacial score (nSPS) is 15.1. The van der Waals surface area contributed by atoms with Crippen molar-refractivity contribution in [1.29, 1.82) is 0 Å². The Bertz CT molecular complexity index is 180. The van der Waals surface area contributed by atoms with Crippen LogP contribution in [-0.2, 0) is 4.79 Å². The zero-order valence-corrected chi connectivity index (χ0v) is 10.8. The molecule has 90 valence electrons. The van der Waals surface area contributed by atoms with Crippen molar-refractivity contribution in [2.45, 2.75) is 59.5 Å². The van der Waals surface area contributed by atoms with E-state index in [4.69, 9.17) is 0 Å². The first-order chi connectivity index (χ1) is 6.97. The van der Waals surface area contributed by atoms with Gasteiger partial charge in [0.1, 0.15) is 0 Å². The zero-order valence-electron chi connectivity index (χ0n) is 10.8. The van der Waals surface area contributed by atoms with Crippen LogP contribution in [0.4, 0.5) is 0 Å². The van der Waals surface area contributed by atoms with E-state index in [0.717, 1.165) is 13.0 Å². The average Bonchev–Trinajstić information content (AvgIpc) is 2.17. The summed E-state index contributed by atoms with van der Waals surface area (Å²) in [6, 6.07) is 0.765. The first-order valence-corrected chi connectivity index (χ1v) is 6.00. The maximum absolute atomic E-state index is 11.4. The molecule has 0 aliphatic carbocycles. The zero-order chi connectivity index (χ0) is 11.8. The third kappa shape index (κ3) is 7.37. The monoisotopic (exact) mass is 214 g/mol. The van der Waals surface area contributed by atoms with Crippen LogP contribution in [-0.4, -0.2) is 24.5 Å². The van der Waals surface area contributed by atoms with Crippen molar-refractivity contribution in [3.63, 3.8) is 0 Å². The van der Waals surface area contributed by atoms with E-state index in [2.05, 4.69) is 38.3 Å². The van der Waals surface area contributed by atoms with E-state index in [-0.39, 0.29) is 5.91 Å². The molecule has 1 amide bonds. The second kappa shape index (κ2) is 7.69. The van der Waals surface area contributed by atoms with Crippen LogP contribution in [0.3, 0.4) is 0 Å². The van der Waals surface area contributed by atoms with E-state index >= 15 is 0 Å². The molecule has 0 bridgehead atoms. The fourth-order valence-electron chi connectivity index (χ4n) is 1.10. The average molecular weight is 214 g/mol. The lowest BCUT2D eigenvalue weighted by Crippen LogP contribution is -2.37. The van der Waals surface area contributed by atoms with E-state index in [1.54, 1.807) is 0 Å². The molecule has 0 aromatic heterocycles. The van der Waals surface area contributed by atoms with Crippen molar-refractivity contribution in [3.8, 4) is 0 Å². The summed E-state index contributed by atoms with van der Waals surface area (Å²) in [6.45, 7) is 11.4. The van der Waals surface area contributed by atoms with Gasteiger partial charge in [0.2, 0.25) is 5.91 Å². The number of nitrogens with one attached hydrogen (secondary N) is 2. The summed E-state index contributed by atoms with van der Waals surface area (Å²) < 4.78 is 0. The van der Waals surface area contributed by atoms with E-state index in [1.165, 1.54) is 0 Å². The maximum atomic E-state index is 11.4. The van der Waals surface area contributed by atoms with Crippen molar-refractivity contribution < 1.29 is 4.79 Å². The minimum absolute atomic E-state index is 0.146. The minimum atomic E-state index is 0.146. The van der Waals surface area contributed by atoms with Gasteiger partial charge in [0.25, 0.3) is 0 Å². The van der Waals surface area contributed by atoms with Crippen molar-refractivity contribution >= 4 is 5.91 Å². The SMILES string of the molecule is CCC(C)NC(=O)CCNC(C)C(C)C. The lowest BCUT2D eigenvalue weighted by atomic mass is 10.1. The van der Waals surface area contributed by atoms with Gasteiger partial charge in [-0.2, -0.15) is 0 Å². The quantitative estimate of drug-likeness (QED) is 0.680. The number of amides is 1. The van der Waals surface area contributed by atoms with Gasteiger partial charge in [-0.1, -0.05) is 20.8 Å². The van der Waals surface area contributed by atoms with Gasteiger partial charge in [-0.05, 0) is 26.2 Å². The number of carbonyl (C=O) groups excluding carboxylic acids is 1. The summed E-state index contributed by atoms with van der Waals surface area (Å²) in [5, 5.41) is 6.30. The van der Waals surface area contributed by atoms with E-state index in [9.17, 15) is 4.79 Å². The molecule has 0 aromatic rings. The first-order valence-electron chi connectivity index (χ1n) is 6.00. The molecule has 0 saturated heterocycles. The van der Waals surface area contributed by atoms with Gasteiger partial charge in [-0.25, -0.2) is 0 Å². The van der Waals surface area contributed by atoms with Crippen LogP contribution < -0.4 is 10.6 Å². The predicted octanol–water partition coefficient (Wildman–Crippen LogP) is 1.93. The molecule has 2 N–H and O–H groups in total. The Morgan fingerprint density at radius 3 is 2.27 bits per heavy atom. The Hall–Kier alpha value is -0.570. The van der Waals surface area contributed by atoms with Crippen molar-refractivity contribution in [2.75, 3.05) is 6.54 Å². The van der Waals surface area contributed by atoms with Crippen molar-refractivity contribution in [2.24, 2.45) is 5.92 Å². The molecule has 0 aromatic carbocycles. The van der Waals surface area contributed by atoms with Gasteiger partial charge in [0.15, 0.2) is 0 Å². The molecule has 0 radical (unpaired) electrons. The van der Waals surface area contributed by atoms with Crippen LogP contribution in [0.2, 0.25) is 0 Å². The fraction of sp³-hybridized carbons (Fsp3) is 0.917. The molecule has 0 fully saturated rings. The Kier molecular flexibility index (Phi) is 7.39. The second-order valence-corrected chi connectivity index (χ2v) is 4.61. The highest BCUT2D eigenvalue weighted by atomic mass is 16.1. The van der Waals surface area contributed by atoms with Crippen LogP contribution in [0.15, 0.2) is 0 Å². The smallest absolute Gasteiger partial charge is 0.221 e. The number of hydrogen-bond acceptors (Lipinski definition) is 2. The Morgan fingerprint density at radius 2 is 1.80 bits per heavy atom. The summed E-state index contributed by atoms with van der Waals surface area (Å²) in [6.07, 6.45) is 1.56. The highest BCUT2D eigenvalue weighted by Gasteiger charge is 2.08. The largest absolute Gasteiger partial charge is 0.354 e. The molecule has 0 aliphatic rings. The molecular formula is C12H26N2O. The molecule has 0 aliphatic heterocycles. The van der Waals surface area contributed by atoms with Gasteiger partial charge in [-0.3, -0.25) is 4.79 Å². The van der Waals surface area contributed by atoms with Crippen LogP contribution >= 0.6 is 0 Å². The molecule has 0 heterocycles. The molecule has 2 unspecified atom stereocenters. The van der Waals surface area contributed by atoms with Gasteiger partial charge in [-0.15, -0.1) is 0 Å². The topological polar surface area (TPSA) is 41.1 Å². The Labute approximate surface area is 94.0 Å². The number of carbonyl (C=O) groups is 1. The summed E-state index contributed by atoms with van der Waals surface area (Å²) in [4.78, 5) is 11.4. The third-order valence-corrected chi connectivity index (χ3v) is 2.84. The van der Waals surface area contributed by atoms with Crippen LogP contribution in [0, 0.1) is 5.92 Å². The Morgan fingerprint density at radius 1 is 1.20 bits per heavy atom. The molecular weight excluding hydrogens is 188 g/mol. The van der Waals surface area contributed by atoms with Crippen molar-refractivity contribution in [1.82, 2.24) is 10.6 Å². The van der Waals surface area contributed by atoms with Crippen LogP contribution in [0.25, 0.3) is 0 Å². The lowest BCUT2D eigenvalue weighted by molar-refractivity contribution is -0.121. The third-order valence-electron chi connectivity index (χ3n) is 2.84. The summed E-state index contributed by atoms with van der Waals surface area (Å²) in [5.74, 6) is 0.760. The predicted molar refractivity (Wildman–Crippen MR) is 64.8 cm³/mol. The highest BCUT2D eigenvalue weighted by Crippen LogP contribution is 1.99. The van der Waals surface area contributed by atoms with Gasteiger partial charge < -0.3 is 10.6 Å². The highest BCUT2D eigenvalue weighted by molar-refractivity contribution is 5.76. The molecule has 0 spiro atoms. The standard InChI is InChI=1S/C12H26N2O/c1-6-10(4)14-12(15)7-8-13-11(5)9(2)3/h9-11,13H,6-8H2,1-5H3,(H,14,15). The second-order valence-electron chi connectivity index (χ2n) is 4.61. The van der Waals surface area contributed by atoms with Gasteiger partial charge in [0.05, 0.1) is 0 Å². The molecule has 3 heteroatoms. The van der Waals surface area contributed by atoms with E-state index < -0.39 is 0 Å². The maximum Gasteiger partial charge on any atom is 0.221 e. The lowest BCUT2D eigenvalue weighted by Gasteiger charge is -2.17. The minimum Gasteiger partial charge on any atom is -0.354 e. The van der Waals surface area contributed by atoms with Crippen molar-refractivity contribution in [3.05, 3.63) is 0 Å². The molecule has 0 rings (SSSR count). The number of rotatable bonds is 7. The molecule has 3 nitrogen and oxygen atoms in total. The van der Waals surface area contributed by atoms with Crippen LogP contribution in [0.5, 0.6) is 0 Å². The fourth-order valence-corrected chi connectivity index (χ4v) is 1.10. The Balaban J connectivity index is 3.55. The molecule has 15 heavy (non-hydrogen) atoms. The first kappa shape index (κ1) is 14.4.